The summed E-state index contributed by atoms with van der Waals surface area (Å²) >= 11 is 0. The summed E-state index contributed by atoms with van der Waals surface area (Å²) in [5, 5.41) is 15.2. The van der Waals surface area contributed by atoms with Crippen molar-refractivity contribution < 1.29 is 4.79 Å². The van der Waals surface area contributed by atoms with E-state index in [1.165, 1.54) is 11.1 Å². The average Bonchev–Trinajstić information content (AvgIpc) is 3.57. The van der Waals surface area contributed by atoms with Crippen molar-refractivity contribution >= 4 is 23.1 Å². The Morgan fingerprint density at radius 2 is 1.87 bits per heavy atom. The number of anilines is 1. The normalized spacial score (nSPS) is 26.8. The zero-order valence-corrected chi connectivity index (χ0v) is 22.8. The first-order valence-electron chi connectivity index (χ1n) is 13.5. The summed E-state index contributed by atoms with van der Waals surface area (Å²) in [6.07, 6.45) is 7.21. The highest BCUT2D eigenvalue weighted by Gasteiger charge is 2.49. The van der Waals surface area contributed by atoms with E-state index < -0.39 is 0 Å². The molecule has 0 aromatic heterocycles. The van der Waals surface area contributed by atoms with Crippen molar-refractivity contribution in [2.45, 2.75) is 65.5 Å². The molecular weight excluding hydrogens is 476 g/mol. The molecule has 2 aliphatic carbocycles. The van der Waals surface area contributed by atoms with Crippen molar-refractivity contribution in [1.29, 1.82) is 10.9 Å². The van der Waals surface area contributed by atoms with Crippen LogP contribution in [-0.4, -0.2) is 59.0 Å². The molecule has 1 aromatic rings. The molecule has 4 aliphatic rings. The second kappa shape index (κ2) is 10.6. The zero-order valence-electron chi connectivity index (χ0n) is 22.8. The fourth-order valence-electron chi connectivity index (χ4n) is 6.56. The molecule has 0 radical (unpaired) electrons. The first kappa shape index (κ1) is 26.0. The maximum absolute atomic E-state index is 13.3. The van der Waals surface area contributed by atoms with Gasteiger partial charge >= 0.3 is 0 Å². The second-order valence-electron chi connectivity index (χ2n) is 11.2. The predicted molar refractivity (Wildman–Crippen MR) is 150 cm³/mol. The maximum atomic E-state index is 13.3. The number of carbonyl (C=O) groups excluding carboxylic acids is 1. The number of piperidine rings is 1. The molecule has 200 valence electrons. The van der Waals surface area contributed by atoms with Crippen LogP contribution in [0.1, 0.15) is 50.7 Å². The number of amides is 1. The lowest BCUT2D eigenvalue weighted by Gasteiger charge is -2.36. The Bertz CT molecular complexity index is 1270. The van der Waals surface area contributed by atoms with Crippen LogP contribution in [-0.2, 0) is 4.79 Å². The van der Waals surface area contributed by atoms with Crippen LogP contribution in [0, 0.1) is 30.7 Å². The van der Waals surface area contributed by atoms with Crippen LogP contribution in [0.4, 0.5) is 5.69 Å². The van der Waals surface area contributed by atoms with Crippen molar-refractivity contribution in [3.05, 3.63) is 64.0 Å². The van der Waals surface area contributed by atoms with Crippen molar-refractivity contribution in [3.8, 4) is 0 Å². The molecule has 2 bridgehead atoms. The summed E-state index contributed by atoms with van der Waals surface area (Å²) in [5.74, 6) is 1.42. The van der Waals surface area contributed by atoms with E-state index in [1.807, 2.05) is 26.1 Å². The van der Waals surface area contributed by atoms with Gasteiger partial charge in [-0.2, -0.15) is 5.53 Å². The summed E-state index contributed by atoms with van der Waals surface area (Å²) in [7, 11) is 0. The summed E-state index contributed by atoms with van der Waals surface area (Å²) in [5.41, 5.74) is 17.6. The van der Waals surface area contributed by atoms with Gasteiger partial charge in [0.2, 0.25) is 5.91 Å². The smallest absolute Gasteiger partial charge is 0.250 e. The van der Waals surface area contributed by atoms with Crippen LogP contribution in [0.2, 0.25) is 0 Å². The number of nitrogens with zero attached hydrogens (tertiary/aromatic N) is 4. The Hall–Kier alpha value is -3.59. The van der Waals surface area contributed by atoms with E-state index in [2.05, 4.69) is 62.8 Å². The lowest BCUT2D eigenvalue weighted by atomic mass is 9.95. The average molecular weight is 515 g/mol. The lowest BCUT2D eigenvalue weighted by molar-refractivity contribution is -0.129. The van der Waals surface area contributed by atoms with E-state index in [0.29, 0.717) is 37.1 Å². The van der Waals surface area contributed by atoms with E-state index in [-0.39, 0.29) is 11.9 Å². The number of hydrogen-bond acceptors (Lipinski definition) is 6. The number of rotatable bonds is 6. The summed E-state index contributed by atoms with van der Waals surface area (Å²) in [6, 6.07) is 7.04. The Morgan fingerprint density at radius 1 is 1.11 bits per heavy atom. The number of hydrogen-bond donors (Lipinski definition) is 4. The van der Waals surface area contributed by atoms with Crippen LogP contribution in [0.3, 0.4) is 0 Å². The van der Waals surface area contributed by atoms with Crippen LogP contribution < -0.4 is 10.7 Å². The maximum Gasteiger partial charge on any atom is 0.250 e. The Morgan fingerprint density at radius 3 is 2.53 bits per heavy atom. The van der Waals surface area contributed by atoms with Crippen molar-refractivity contribution in [2.75, 3.05) is 25.0 Å². The summed E-state index contributed by atoms with van der Waals surface area (Å²) in [4.78, 5) is 22.4. The van der Waals surface area contributed by atoms with E-state index in [1.54, 1.807) is 0 Å². The SMILES string of the molecule is CC1=C(NN=N)CCC(C(=O)N2CC3CC2CC3N2CC(=N)/C(=C\N=C(/C)Nc3cc(C)cc(C)c3)C2)=C1. The minimum atomic E-state index is 0.160. The molecule has 2 aliphatic heterocycles. The molecule has 2 saturated heterocycles. The molecule has 1 saturated carbocycles. The molecule has 9 heteroatoms. The van der Waals surface area contributed by atoms with Crippen LogP contribution >= 0.6 is 0 Å². The molecule has 9 nitrogen and oxygen atoms in total. The highest BCUT2D eigenvalue weighted by atomic mass is 16.2. The predicted octanol–water partition coefficient (Wildman–Crippen LogP) is 4.87. The van der Waals surface area contributed by atoms with Crippen LogP contribution in [0.25, 0.3) is 0 Å². The number of aliphatic imine (C=N–C) groups is 1. The standard InChI is InChI=1S/C29H38N8O/c1-17-7-18(2)9-24(8-17)33-20(4)32-13-23-14-36(16-26(23)30)28-12-25-11-22(28)15-37(25)29(38)21-5-6-27(34-35-31)19(3)10-21/h7-10,13,22,25,28,30H,5-6,11-12,14-16H2,1-4H3,(H2,31,34)(H,32,33)/b23-13-,30-26?. The number of fused-ring (bicyclic) bond motifs is 2. The third-order valence-electron chi connectivity index (χ3n) is 8.29. The molecule has 38 heavy (non-hydrogen) atoms. The van der Waals surface area contributed by atoms with Gasteiger partial charge < -0.3 is 15.6 Å². The van der Waals surface area contributed by atoms with Gasteiger partial charge in [-0.25, -0.2) is 4.99 Å². The van der Waals surface area contributed by atoms with Gasteiger partial charge in [-0.15, -0.1) is 0 Å². The van der Waals surface area contributed by atoms with E-state index in [4.69, 9.17) is 10.9 Å². The van der Waals surface area contributed by atoms with E-state index in [9.17, 15) is 4.79 Å². The third-order valence-corrected chi connectivity index (χ3v) is 8.29. The van der Waals surface area contributed by atoms with Crippen molar-refractivity contribution in [3.63, 3.8) is 0 Å². The van der Waals surface area contributed by atoms with Crippen LogP contribution in [0.5, 0.6) is 0 Å². The molecule has 0 spiro atoms. The van der Waals surface area contributed by atoms with E-state index >= 15 is 0 Å². The Balaban J connectivity index is 1.18. The number of aryl methyl sites for hydroxylation is 2. The van der Waals surface area contributed by atoms with Crippen molar-refractivity contribution in [2.24, 2.45) is 16.1 Å². The lowest BCUT2D eigenvalue weighted by Crippen LogP contribution is -2.47. The zero-order chi connectivity index (χ0) is 27.0. The minimum absolute atomic E-state index is 0.160. The fraction of sp³-hybridized carbons (Fsp3) is 0.483. The highest BCUT2D eigenvalue weighted by molar-refractivity contribution is 6.02. The second-order valence-corrected chi connectivity index (χ2v) is 11.2. The van der Waals surface area contributed by atoms with Gasteiger partial charge in [0.15, 0.2) is 0 Å². The number of nitrogens with one attached hydrogen (secondary N) is 4. The van der Waals surface area contributed by atoms with Crippen molar-refractivity contribution in [1.82, 2.24) is 15.2 Å². The fourth-order valence-corrected chi connectivity index (χ4v) is 6.56. The molecule has 2 heterocycles. The summed E-state index contributed by atoms with van der Waals surface area (Å²) < 4.78 is 0. The largest absolute Gasteiger partial charge is 0.344 e. The number of amidine groups is 1. The number of carbonyl (C=O) groups is 1. The topological polar surface area (TPSA) is 120 Å². The van der Waals surface area contributed by atoms with E-state index in [0.717, 1.165) is 59.9 Å². The Labute approximate surface area is 224 Å². The molecule has 4 N–H and O–H groups in total. The van der Waals surface area contributed by atoms with Gasteiger partial charge in [0.25, 0.3) is 0 Å². The quantitative estimate of drug-likeness (QED) is 0.187. The minimum Gasteiger partial charge on any atom is -0.344 e. The third kappa shape index (κ3) is 5.34. The monoisotopic (exact) mass is 514 g/mol. The number of allylic oxidation sites excluding steroid dienone is 3. The summed E-state index contributed by atoms with van der Waals surface area (Å²) in [6.45, 7) is 10.3. The molecule has 3 fully saturated rings. The molecule has 3 atom stereocenters. The van der Waals surface area contributed by atoms with Gasteiger partial charge in [0, 0.05) is 60.4 Å². The molecule has 3 unspecified atom stereocenters. The number of likely N-dealkylation sites (tertiary alicyclic amines) is 2. The molecule has 1 aromatic carbocycles. The molecule has 1 amide bonds. The van der Waals surface area contributed by atoms with Gasteiger partial charge in [-0.05, 0) is 94.2 Å². The molecule has 5 rings (SSSR count). The highest BCUT2D eigenvalue weighted by Crippen LogP contribution is 2.42. The van der Waals surface area contributed by atoms with Gasteiger partial charge in [0.05, 0.1) is 5.71 Å². The van der Waals surface area contributed by atoms with Gasteiger partial charge in [-0.3, -0.25) is 15.1 Å². The molecular formula is C29H38N8O. The Kier molecular flexibility index (Phi) is 7.29. The number of benzene rings is 1. The van der Waals surface area contributed by atoms with Gasteiger partial charge in [0.1, 0.15) is 5.84 Å². The van der Waals surface area contributed by atoms with Crippen LogP contribution in [0.15, 0.2) is 63.1 Å². The van der Waals surface area contributed by atoms with Gasteiger partial charge in [-0.1, -0.05) is 11.3 Å². The first-order chi connectivity index (χ1) is 18.2. The first-order valence-corrected chi connectivity index (χ1v) is 13.5.